The summed E-state index contributed by atoms with van der Waals surface area (Å²) in [7, 11) is 0. The van der Waals surface area contributed by atoms with Crippen LogP contribution in [0.25, 0.3) is 6.08 Å². The molecule has 0 N–H and O–H groups in total. The minimum absolute atomic E-state index is 0.0494. The van der Waals surface area contributed by atoms with Gasteiger partial charge in [-0.1, -0.05) is 90.2 Å². The lowest BCUT2D eigenvalue weighted by Gasteiger charge is -2.45. The molecule has 0 aliphatic rings. The molecule has 0 saturated carbocycles. The molecule has 84 heavy (non-hydrogen) atoms. The molecule has 0 atom stereocenters. The Balaban J connectivity index is 1.69. The molecule has 0 aliphatic carbocycles. The third-order valence-corrected chi connectivity index (χ3v) is 12.1. The highest BCUT2D eigenvalue weighted by Crippen LogP contribution is 2.67. The van der Waals surface area contributed by atoms with Gasteiger partial charge in [-0.3, -0.25) is 0 Å². The van der Waals surface area contributed by atoms with Crippen LogP contribution >= 0.6 is 0 Å². The maximum atomic E-state index is 14.5. The number of benzene rings is 3. The van der Waals surface area contributed by atoms with Crippen molar-refractivity contribution in [1.82, 2.24) is 0 Å². The van der Waals surface area contributed by atoms with Crippen LogP contribution < -0.4 is 14.2 Å². The van der Waals surface area contributed by atoms with Crippen molar-refractivity contribution in [2.75, 3.05) is 19.8 Å². The lowest BCUT2D eigenvalue weighted by atomic mass is 9.85. The zero-order valence-corrected chi connectivity index (χ0v) is 43.5. The van der Waals surface area contributed by atoms with Crippen LogP contribution in [0.3, 0.4) is 0 Å². The maximum absolute atomic E-state index is 14.5. The molecule has 0 fully saturated rings. The standard InChI is InChI=1S/C52H49F23O9/c1-3-5-7-9-11-13-27-80-40(78)37(41(79)81-28-14-12-10-8-6-4-2)29-31-15-17-32(18-16-31)38(76)83-35-21-19-33(20-22-35)39(77)84-36-25-23-34(24-26-36)82-30-42(53,54)43(55,56)44(57,58)45(59,60)46(61,62)47(63,64)48(65,66)49(67,68)50(69,70)51(71,72)52(73,74)75/h15-26,29H,3-14,27-28,30H2,1-2H3. The first-order chi connectivity index (χ1) is 38.5. The van der Waals surface area contributed by atoms with Gasteiger partial charge in [0.25, 0.3) is 0 Å². The van der Waals surface area contributed by atoms with Crippen LogP contribution in [-0.4, -0.2) is 109 Å². The van der Waals surface area contributed by atoms with Crippen LogP contribution in [0.5, 0.6) is 17.2 Å². The summed E-state index contributed by atoms with van der Waals surface area (Å²) in [6, 6.07) is 11.4. The van der Waals surface area contributed by atoms with E-state index in [2.05, 4.69) is 18.6 Å². The van der Waals surface area contributed by atoms with Crippen LogP contribution in [0.1, 0.15) is 117 Å². The number of unbranched alkanes of at least 4 members (excludes halogenated alkanes) is 10. The van der Waals surface area contributed by atoms with Gasteiger partial charge >= 0.3 is 89.3 Å². The summed E-state index contributed by atoms with van der Waals surface area (Å²) in [5.41, 5.74) is -0.472. The third kappa shape index (κ3) is 15.3. The molecule has 0 saturated heterocycles. The number of alkyl halides is 23. The lowest BCUT2D eigenvalue weighted by Crippen LogP contribution is -2.77. The fourth-order valence-corrected chi connectivity index (χ4v) is 6.98. The van der Waals surface area contributed by atoms with Crippen LogP contribution in [0.2, 0.25) is 0 Å². The van der Waals surface area contributed by atoms with E-state index in [1.165, 1.54) is 30.3 Å². The van der Waals surface area contributed by atoms with Crippen molar-refractivity contribution in [3.63, 3.8) is 0 Å². The number of hydrogen-bond donors (Lipinski definition) is 0. The predicted molar refractivity (Wildman–Crippen MR) is 247 cm³/mol. The Kier molecular flexibility index (Phi) is 23.6. The fraction of sp³-hybridized carbons (Fsp3) is 0.538. The number of carbonyl (C=O) groups is 4. The van der Waals surface area contributed by atoms with E-state index >= 15 is 0 Å². The van der Waals surface area contributed by atoms with E-state index in [0.717, 1.165) is 88.5 Å². The quantitative estimate of drug-likeness (QED) is 0.0112. The molecule has 0 aliphatic heterocycles. The topological polar surface area (TPSA) is 114 Å². The van der Waals surface area contributed by atoms with Gasteiger partial charge < -0.3 is 23.7 Å². The van der Waals surface area contributed by atoms with E-state index in [0.29, 0.717) is 37.1 Å². The summed E-state index contributed by atoms with van der Waals surface area (Å²) >= 11 is 0. The Hall–Kier alpha value is -6.53. The van der Waals surface area contributed by atoms with Crippen molar-refractivity contribution in [2.45, 2.75) is 156 Å². The van der Waals surface area contributed by atoms with Crippen molar-refractivity contribution in [2.24, 2.45) is 0 Å². The van der Waals surface area contributed by atoms with Crippen LogP contribution in [0.4, 0.5) is 101 Å². The van der Waals surface area contributed by atoms with Crippen molar-refractivity contribution >= 4 is 30.0 Å². The zero-order chi connectivity index (χ0) is 64.2. The minimum atomic E-state index is -9.52. The summed E-state index contributed by atoms with van der Waals surface area (Å²) in [5.74, 6) is -95.1. The average Bonchev–Trinajstić information content (AvgIpc) is 0.826. The molecule has 9 nitrogen and oxygen atoms in total. The number of esters is 4. The van der Waals surface area contributed by atoms with Crippen LogP contribution in [-0.2, 0) is 19.1 Å². The molecule has 0 radical (unpaired) electrons. The highest BCUT2D eigenvalue weighted by Gasteiger charge is 2.98. The van der Waals surface area contributed by atoms with Gasteiger partial charge in [0, 0.05) is 0 Å². The summed E-state index contributed by atoms with van der Waals surface area (Å²) < 4.78 is 342. The van der Waals surface area contributed by atoms with Crippen molar-refractivity contribution < 1.29 is 144 Å². The monoisotopic (exact) mass is 1250 g/mol. The summed E-state index contributed by atoms with van der Waals surface area (Å²) in [5, 5.41) is 0. The SMILES string of the molecule is CCCCCCCCOC(=O)C(=Cc1ccc(C(=O)Oc2ccc(C(=O)Oc3ccc(OCC(F)(F)C(F)(F)C(F)(F)C(F)(F)C(F)(F)C(F)(F)C(F)(F)C(F)(F)C(F)(F)C(F)(F)C(F)(F)F)cc3)cc2)cc1)C(=O)OCCCCCCCC. The molecule has 0 heterocycles. The highest BCUT2D eigenvalue weighted by atomic mass is 19.4. The van der Waals surface area contributed by atoms with Gasteiger partial charge in [-0.2, -0.15) is 101 Å². The first-order valence-corrected chi connectivity index (χ1v) is 24.8. The van der Waals surface area contributed by atoms with Crippen molar-refractivity contribution in [3.8, 4) is 17.2 Å². The number of hydrogen-bond acceptors (Lipinski definition) is 9. The molecule has 0 bridgehead atoms. The number of rotatable bonds is 33. The number of carbonyl (C=O) groups excluding carboxylic acids is 4. The van der Waals surface area contributed by atoms with Gasteiger partial charge in [0.2, 0.25) is 0 Å². The molecule has 3 aromatic carbocycles. The molecule has 0 unspecified atom stereocenters. The second-order valence-corrected chi connectivity index (χ2v) is 18.4. The summed E-state index contributed by atoms with van der Waals surface area (Å²) in [4.78, 5) is 51.8. The molecule has 3 aromatic rings. The van der Waals surface area contributed by atoms with Gasteiger partial charge in [0.05, 0.1) is 24.3 Å². The van der Waals surface area contributed by atoms with Gasteiger partial charge in [-0.05, 0) is 85.1 Å². The number of halogens is 23. The lowest BCUT2D eigenvalue weighted by molar-refractivity contribution is -0.478. The Morgan fingerprint density at radius 3 is 1.02 bits per heavy atom. The van der Waals surface area contributed by atoms with E-state index < -0.39 is 107 Å². The molecule has 0 amide bonds. The second-order valence-electron chi connectivity index (χ2n) is 18.4. The van der Waals surface area contributed by atoms with E-state index in [9.17, 15) is 120 Å². The molecular formula is C52H49F23O9. The first kappa shape index (κ1) is 71.7. The molecule has 32 heteroatoms. The summed E-state index contributed by atoms with van der Waals surface area (Å²) in [6.45, 7) is 0.843. The summed E-state index contributed by atoms with van der Waals surface area (Å²) in [6.07, 6.45) is 3.97. The van der Waals surface area contributed by atoms with E-state index in [-0.39, 0.29) is 41.2 Å². The van der Waals surface area contributed by atoms with E-state index in [1.807, 2.05) is 0 Å². The van der Waals surface area contributed by atoms with Crippen LogP contribution in [0, 0.1) is 0 Å². The maximum Gasteiger partial charge on any atom is 0.460 e. The van der Waals surface area contributed by atoms with Crippen molar-refractivity contribution in [3.05, 3.63) is 95.1 Å². The average molecular weight is 1250 g/mol. The highest BCUT2D eigenvalue weighted by molar-refractivity contribution is 6.17. The first-order valence-electron chi connectivity index (χ1n) is 24.8. The predicted octanol–water partition coefficient (Wildman–Crippen LogP) is 16.6. The molecule has 0 aromatic heterocycles. The Labute approximate surface area is 461 Å². The zero-order valence-electron chi connectivity index (χ0n) is 43.5. The van der Waals surface area contributed by atoms with Gasteiger partial charge in [0.1, 0.15) is 22.8 Å². The minimum Gasteiger partial charge on any atom is -0.487 e. The normalized spacial score (nSPS) is 13.5. The molecule has 3 rings (SSSR count). The molecular weight excluding hydrogens is 1210 g/mol. The van der Waals surface area contributed by atoms with Crippen molar-refractivity contribution in [1.29, 1.82) is 0 Å². The molecule has 0 spiro atoms. The van der Waals surface area contributed by atoms with E-state index in [1.54, 1.807) is 0 Å². The Bertz CT molecular complexity index is 2660. The van der Waals surface area contributed by atoms with E-state index in [4.69, 9.17) is 18.9 Å². The smallest absolute Gasteiger partial charge is 0.460 e. The largest absolute Gasteiger partial charge is 0.487 e. The second kappa shape index (κ2) is 27.7. The Morgan fingerprint density at radius 1 is 0.369 bits per heavy atom. The van der Waals surface area contributed by atoms with Gasteiger partial charge in [-0.25, -0.2) is 19.2 Å². The fourth-order valence-electron chi connectivity index (χ4n) is 6.98. The third-order valence-electron chi connectivity index (χ3n) is 12.1. The van der Waals surface area contributed by atoms with Gasteiger partial charge in [-0.15, -0.1) is 0 Å². The van der Waals surface area contributed by atoms with Crippen LogP contribution in [0.15, 0.2) is 78.4 Å². The Morgan fingerprint density at radius 2 is 0.667 bits per heavy atom. The molecule has 472 valence electrons. The van der Waals surface area contributed by atoms with Gasteiger partial charge in [0.15, 0.2) is 6.61 Å². The number of ether oxygens (including phenoxy) is 5.